The summed E-state index contributed by atoms with van der Waals surface area (Å²) in [6.07, 6.45) is 0. The second-order valence-electron chi connectivity index (χ2n) is 6.01. The summed E-state index contributed by atoms with van der Waals surface area (Å²) in [5.74, 6) is 0.419. The smallest absolute Gasteiger partial charge is 0.240 e. The van der Waals surface area contributed by atoms with E-state index in [2.05, 4.69) is 24.4 Å². The van der Waals surface area contributed by atoms with Crippen molar-refractivity contribution >= 4 is 5.91 Å². The first-order valence-electron chi connectivity index (χ1n) is 6.94. The first kappa shape index (κ1) is 16.5. The third-order valence-corrected chi connectivity index (χ3v) is 3.26. The van der Waals surface area contributed by atoms with Gasteiger partial charge >= 0.3 is 0 Å². The van der Waals surface area contributed by atoms with Crippen LogP contribution in [0.15, 0.2) is 12.1 Å². The molecule has 0 aromatic heterocycles. The van der Waals surface area contributed by atoms with Crippen molar-refractivity contribution in [3.05, 3.63) is 28.8 Å². The van der Waals surface area contributed by atoms with Crippen LogP contribution in [0.1, 0.15) is 37.5 Å². The fraction of sp³-hybridized carbons (Fsp3) is 0.562. The summed E-state index contributed by atoms with van der Waals surface area (Å²) in [4.78, 5) is 11.7. The van der Waals surface area contributed by atoms with Crippen molar-refractivity contribution in [3.8, 4) is 5.75 Å². The molecule has 0 radical (unpaired) electrons. The number of hydrogen-bond donors (Lipinski definition) is 2. The molecule has 0 fully saturated rings. The number of nitrogens with one attached hydrogen (secondary N) is 1. The van der Waals surface area contributed by atoms with Gasteiger partial charge in [0.05, 0.1) is 0 Å². The van der Waals surface area contributed by atoms with Gasteiger partial charge in [0.25, 0.3) is 0 Å². The van der Waals surface area contributed by atoms with E-state index in [1.165, 1.54) is 5.56 Å². The normalized spacial score (nSPS) is 14.2. The molecule has 0 heterocycles. The summed E-state index contributed by atoms with van der Waals surface area (Å²) in [7, 11) is 0. The number of aryl methyl sites for hydroxylation is 3. The molecule has 1 unspecified atom stereocenters. The lowest BCUT2D eigenvalue weighted by molar-refractivity contribution is -0.125. The lowest BCUT2D eigenvalue weighted by atomic mass is 10.0. The zero-order valence-electron chi connectivity index (χ0n) is 13.3. The Labute approximate surface area is 121 Å². The van der Waals surface area contributed by atoms with Crippen LogP contribution in [0.3, 0.4) is 0 Å². The van der Waals surface area contributed by atoms with Gasteiger partial charge in [-0.3, -0.25) is 10.1 Å². The number of carbonyl (C=O) groups excluding carboxylic acids is 1. The molecule has 112 valence electrons. The Morgan fingerprint density at radius 3 is 2.20 bits per heavy atom. The Kier molecular flexibility index (Phi) is 5.17. The maximum Gasteiger partial charge on any atom is 0.240 e. The summed E-state index contributed by atoms with van der Waals surface area (Å²) in [5.41, 5.74) is 7.96. The molecule has 1 aromatic carbocycles. The zero-order valence-corrected chi connectivity index (χ0v) is 13.3. The Bertz CT molecular complexity index is 474. The van der Waals surface area contributed by atoms with E-state index in [0.717, 1.165) is 16.9 Å². The molecule has 0 aliphatic heterocycles. The summed E-state index contributed by atoms with van der Waals surface area (Å²) in [6.45, 7) is 12.0. The highest BCUT2D eigenvalue weighted by molar-refractivity contribution is 5.84. The van der Waals surface area contributed by atoms with Crippen LogP contribution < -0.4 is 15.8 Å². The maximum atomic E-state index is 11.7. The lowest BCUT2D eigenvalue weighted by Crippen LogP contribution is -2.59. The number of rotatable bonds is 6. The molecule has 1 aromatic rings. The van der Waals surface area contributed by atoms with Gasteiger partial charge in [0.2, 0.25) is 5.91 Å². The molecule has 20 heavy (non-hydrogen) atoms. The van der Waals surface area contributed by atoms with Crippen LogP contribution in [-0.4, -0.2) is 24.1 Å². The monoisotopic (exact) mass is 278 g/mol. The fourth-order valence-electron chi connectivity index (χ4n) is 2.43. The first-order chi connectivity index (χ1) is 9.15. The molecule has 1 atom stereocenters. The molecule has 0 saturated heterocycles. The van der Waals surface area contributed by atoms with Crippen LogP contribution in [-0.2, 0) is 4.79 Å². The second-order valence-corrected chi connectivity index (χ2v) is 6.01. The summed E-state index contributed by atoms with van der Waals surface area (Å²) >= 11 is 0. The number of nitrogens with two attached hydrogens (primary N) is 1. The van der Waals surface area contributed by atoms with Gasteiger partial charge in [0, 0.05) is 6.04 Å². The zero-order chi connectivity index (χ0) is 15.5. The summed E-state index contributed by atoms with van der Waals surface area (Å²) in [6, 6.07) is 4.29. The van der Waals surface area contributed by atoms with Gasteiger partial charge in [-0.05, 0) is 52.7 Å². The quantitative estimate of drug-likeness (QED) is 0.838. The Morgan fingerprint density at radius 2 is 1.80 bits per heavy atom. The molecule has 0 spiro atoms. The Morgan fingerprint density at radius 1 is 1.30 bits per heavy atom. The number of ether oxygens (including phenoxy) is 1. The van der Waals surface area contributed by atoms with E-state index in [-0.39, 0.29) is 12.6 Å². The second kappa shape index (κ2) is 6.27. The van der Waals surface area contributed by atoms with Crippen molar-refractivity contribution in [2.75, 3.05) is 6.61 Å². The fourth-order valence-corrected chi connectivity index (χ4v) is 2.43. The molecule has 4 nitrogen and oxygen atoms in total. The first-order valence-corrected chi connectivity index (χ1v) is 6.94. The number of carbonyl (C=O) groups is 1. The van der Waals surface area contributed by atoms with Crippen LogP contribution in [0, 0.1) is 20.8 Å². The standard InChI is InChI=1S/C16H26N2O2/c1-10(2)18-16(6,15(17)19)9-20-14-12(4)7-11(3)8-13(14)5/h7-8,10,18H,9H2,1-6H3,(H2,17,19). The van der Waals surface area contributed by atoms with Crippen LogP contribution >= 0.6 is 0 Å². The number of amides is 1. The topological polar surface area (TPSA) is 64.3 Å². The van der Waals surface area contributed by atoms with Gasteiger partial charge in [0.1, 0.15) is 17.9 Å². The van der Waals surface area contributed by atoms with Gasteiger partial charge in [-0.2, -0.15) is 0 Å². The van der Waals surface area contributed by atoms with Gasteiger partial charge in [-0.15, -0.1) is 0 Å². The van der Waals surface area contributed by atoms with Crippen molar-refractivity contribution in [1.82, 2.24) is 5.32 Å². The lowest BCUT2D eigenvalue weighted by Gasteiger charge is -2.30. The number of hydrogen-bond acceptors (Lipinski definition) is 3. The van der Waals surface area contributed by atoms with Gasteiger partial charge < -0.3 is 10.5 Å². The third-order valence-electron chi connectivity index (χ3n) is 3.26. The molecule has 1 amide bonds. The van der Waals surface area contributed by atoms with Gasteiger partial charge in [-0.1, -0.05) is 17.7 Å². The van der Waals surface area contributed by atoms with Crippen molar-refractivity contribution in [1.29, 1.82) is 0 Å². The highest BCUT2D eigenvalue weighted by atomic mass is 16.5. The van der Waals surface area contributed by atoms with Gasteiger partial charge in [-0.25, -0.2) is 0 Å². The van der Waals surface area contributed by atoms with E-state index in [1.807, 2.05) is 27.7 Å². The van der Waals surface area contributed by atoms with Crippen LogP contribution in [0.25, 0.3) is 0 Å². The van der Waals surface area contributed by atoms with Crippen LogP contribution in [0.2, 0.25) is 0 Å². The van der Waals surface area contributed by atoms with E-state index in [9.17, 15) is 4.79 Å². The predicted molar refractivity (Wildman–Crippen MR) is 82.0 cm³/mol. The highest BCUT2D eigenvalue weighted by Crippen LogP contribution is 2.25. The van der Waals surface area contributed by atoms with E-state index in [4.69, 9.17) is 10.5 Å². The van der Waals surface area contributed by atoms with E-state index >= 15 is 0 Å². The molecule has 3 N–H and O–H groups in total. The van der Waals surface area contributed by atoms with Crippen molar-refractivity contribution in [2.24, 2.45) is 5.73 Å². The Hall–Kier alpha value is -1.55. The van der Waals surface area contributed by atoms with Gasteiger partial charge in [0.15, 0.2) is 0 Å². The van der Waals surface area contributed by atoms with Crippen molar-refractivity contribution in [3.63, 3.8) is 0 Å². The van der Waals surface area contributed by atoms with Crippen LogP contribution in [0.4, 0.5) is 0 Å². The molecule has 0 bridgehead atoms. The minimum absolute atomic E-state index is 0.149. The van der Waals surface area contributed by atoms with Crippen LogP contribution in [0.5, 0.6) is 5.75 Å². The molecule has 0 saturated carbocycles. The largest absolute Gasteiger partial charge is 0.491 e. The molecular weight excluding hydrogens is 252 g/mol. The van der Waals surface area contributed by atoms with Crippen molar-refractivity contribution < 1.29 is 9.53 Å². The van der Waals surface area contributed by atoms with Crippen molar-refractivity contribution in [2.45, 2.75) is 53.1 Å². The minimum Gasteiger partial charge on any atom is -0.491 e. The average Bonchev–Trinajstić information content (AvgIpc) is 2.25. The molecule has 1 rings (SSSR count). The Balaban J connectivity index is 2.91. The maximum absolute atomic E-state index is 11.7. The summed E-state index contributed by atoms with van der Waals surface area (Å²) in [5, 5.41) is 3.18. The average molecular weight is 278 g/mol. The molecular formula is C16H26N2O2. The summed E-state index contributed by atoms with van der Waals surface area (Å²) < 4.78 is 5.89. The van der Waals surface area contributed by atoms with E-state index in [1.54, 1.807) is 6.92 Å². The molecule has 4 heteroatoms. The number of primary amides is 1. The van der Waals surface area contributed by atoms with E-state index in [0.29, 0.717) is 0 Å². The predicted octanol–water partition coefficient (Wildman–Crippen LogP) is 2.23. The SMILES string of the molecule is Cc1cc(C)c(OCC(C)(NC(C)C)C(N)=O)c(C)c1. The molecule has 0 aliphatic rings. The van der Waals surface area contributed by atoms with E-state index < -0.39 is 11.4 Å². The minimum atomic E-state index is -0.877. The highest BCUT2D eigenvalue weighted by Gasteiger charge is 2.32. The number of benzene rings is 1. The molecule has 0 aliphatic carbocycles. The third kappa shape index (κ3) is 3.97.